The zero-order valence-electron chi connectivity index (χ0n) is 8.44. The second-order valence-electron chi connectivity index (χ2n) is 3.09. The van der Waals surface area contributed by atoms with Gasteiger partial charge in [-0.2, -0.15) is 5.10 Å². The van der Waals surface area contributed by atoms with Gasteiger partial charge >= 0.3 is 0 Å². The lowest BCUT2D eigenvalue weighted by Gasteiger charge is -2.02. The van der Waals surface area contributed by atoms with Gasteiger partial charge in [0.25, 0.3) is 0 Å². The molecule has 0 bridgehead atoms. The van der Waals surface area contributed by atoms with Gasteiger partial charge in [0.1, 0.15) is 6.33 Å². The molecule has 0 fully saturated rings. The molecule has 2 rings (SSSR count). The summed E-state index contributed by atoms with van der Waals surface area (Å²) in [5.41, 5.74) is 0.633. The van der Waals surface area contributed by atoms with Crippen LogP contribution in [0.25, 0.3) is 11.4 Å². The number of hydrogen-bond acceptors (Lipinski definition) is 3. The average molecular weight is 207 g/mol. The van der Waals surface area contributed by atoms with E-state index in [1.54, 1.807) is 30.2 Å². The third-order valence-corrected chi connectivity index (χ3v) is 2.01. The minimum absolute atomic E-state index is 0.217. The molecule has 5 heteroatoms. The first-order valence-corrected chi connectivity index (χ1v) is 4.40. The Labute approximate surface area is 86.3 Å². The maximum atomic E-state index is 13.4. The second-order valence-corrected chi connectivity index (χ2v) is 3.09. The molecular weight excluding hydrogens is 197 g/mol. The van der Waals surface area contributed by atoms with E-state index in [0.29, 0.717) is 11.4 Å². The fourth-order valence-electron chi connectivity index (χ4n) is 1.28. The van der Waals surface area contributed by atoms with Gasteiger partial charge in [-0.3, -0.25) is 4.68 Å². The van der Waals surface area contributed by atoms with Crippen LogP contribution in [0.15, 0.2) is 24.5 Å². The van der Waals surface area contributed by atoms with E-state index in [1.807, 2.05) is 0 Å². The Morgan fingerprint density at radius 3 is 2.73 bits per heavy atom. The Hall–Kier alpha value is -1.91. The molecular formula is C10H10FN3O. The van der Waals surface area contributed by atoms with Crippen molar-refractivity contribution in [3.63, 3.8) is 0 Å². The van der Waals surface area contributed by atoms with E-state index in [0.717, 1.165) is 0 Å². The Bertz CT molecular complexity index is 481. The molecule has 0 aliphatic carbocycles. The molecule has 0 atom stereocenters. The highest BCUT2D eigenvalue weighted by Crippen LogP contribution is 2.22. The maximum Gasteiger partial charge on any atom is 0.181 e. The normalized spacial score (nSPS) is 10.3. The number of ether oxygens (including phenoxy) is 1. The van der Waals surface area contributed by atoms with Crippen LogP contribution in [0.3, 0.4) is 0 Å². The quantitative estimate of drug-likeness (QED) is 0.751. The molecule has 0 N–H and O–H groups in total. The summed E-state index contributed by atoms with van der Waals surface area (Å²) < 4.78 is 19.7. The molecule has 0 radical (unpaired) electrons. The minimum atomic E-state index is -0.414. The van der Waals surface area contributed by atoms with Crippen molar-refractivity contribution in [1.29, 1.82) is 0 Å². The van der Waals surface area contributed by atoms with Gasteiger partial charge in [0.2, 0.25) is 0 Å². The molecule has 2 aromatic rings. The van der Waals surface area contributed by atoms with Gasteiger partial charge in [-0.1, -0.05) is 0 Å². The van der Waals surface area contributed by atoms with Crippen molar-refractivity contribution in [3.8, 4) is 17.1 Å². The van der Waals surface area contributed by atoms with Crippen molar-refractivity contribution in [3.05, 3.63) is 30.3 Å². The summed E-state index contributed by atoms with van der Waals surface area (Å²) in [4.78, 5) is 4.03. The van der Waals surface area contributed by atoms with E-state index in [4.69, 9.17) is 4.74 Å². The summed E-state index contributed by atoms with van der Waals surface area (Å²) in [5, 5.41) is 4.08. The van der Waals surface area contributed by atoms with Crippen molar-refractivity contribution in [1.82, 2.24) is 14.8 Å². The summed E-state index contributed by atoms with van der Waals surface area (Å²) in [6.45, 7) is 0. The van der Waals surface area contributed by atoms with Gasteiger partial charge in [-0.25, -0.2) is 9.37 Å². The Morgan fingerprint density at radius 1 is 1.40 bits per heavy atom. The van der Waals surface area contributed by atoms with Gasteiger partial charge in [0.15, 0.2) is 17.4 Å². The van der Waals surface area contributed by atoms with Gasteiger partial charge in [0, 0.05) is 12.6 Å². The number of rotatable bonds is 2. The molecule has 0 unspecified atom stereocenters. The molecule has 78 valence electrons. The van der Waals surface area contributed by atoms with Crippen LogP contribution >= 0.6 is 0 Å². The minimum Gasteiger partial charge on any atom is -0.494 e. The Balaban J connectivity index is 2.42. The predicted octanol–water partition coefficient (Wildman–Crippen LogP) is 1.63. The van der Waals surface area contributed by atoms with E-state index in [9.17, 15) is 4.39 Å². The first-order chi connectivity index (χ1) is 7.20. The largest absolute Gasteiger partial charge is 0.494 e. The lowest BCUT2D eigenvalue weighted by Crippen LogP contribution is -1.91. The van der Waals surface area contributed by atoms with E-state index in [-0.39, 0.29) is 5.75 Å². The molecule has 4 nitrogen and oxygen atoms in total. The van der Waals surface area contributed by atoms with Crippen molar-refractivity contribution < 1.29 is 9.13 Å². The van der Waals surface area contributed by atoms with Crippen LogP contribution < -0.4 is 4.74 Å². The van der Waals surface area contributed by atoms with Gasteiger partial charge in [-0.05, 0) is 18.2 Å². The lowest BCUT2D eigenvalue weighted by molar-refractivity contribution is 0.386. The lowest BCUT2D eigenvalue weighted by atomic mass is 10.2. The molecule has 1 aromatic heterocycles. The first-order valence-electron chi connectivity index (χ1n) is 4.40. The van der Waals surface area contributed by atoms with E-state index >= 15 is 0 Å². The smallest absolute Gasteiger partial charge is 0.181 e. The summed E-state index contributed by atoms with van der Waals surface area (Å²) >= 11 is 0. The monoisotopic (exact) mass is 207 g/mol. The van der Waals surface area contributed by atoms with Crippen molar-refractivity contribution in [2.75, 3.05) is 7.11 Å². The third kappa shape index (κ3) is 1.81. The molecule has 0 aliphatic rings. The topological polar surface area (TPSA) is 39.9 Å². The van der Waals surface area contributed by atoms with Gasteiger partial charge in [-0.15, -0.1) is 0 Å². The fourth-order valence-corrected chi connectivity index (χ4v) is 1.28. The summed E-state index contributed by atoms with van der Waals surface area (Å²) in [6.07, 6.45) is 1.57. The molecule has 1 aromatic carbocycles. The Morgan fingerprint density at radius 2 is 2.20 bits per heavy atom. The van der Waals surface area contributed by atoms with Crippen LogP contribution in [0.4, 0.5) is 4.39 Å². The summed E-state index contributed by atoms with van der Waals surface area (Å²) in [7, 11) is 3.19. The van der Waals surface area contributed by atoms with Crippen LogP contribution in [0.5, 0.6) is 5.75 Å². The fraction of sp³-hybridized carbons (Fsp3) is 0.200. The number of benzene rings is 1. The zero-order valence-corrected chi connectivity index (χ0v) is 8.44. The number of hydrogen-bond donors (Lipinski definition) is 0. The zero-order chi connectivity index (χ0) is 10.8. The van der Waals surface area contributed by atoms with Crippen molar-refractivity contribution in [2.24, 2.45) is 7.05 Å². The van der Waals surface area contributed by atoms with Gasteiger partial charge in [0.05, 0.1) is 7.11 Å². The van der Waals surface area contributed by atoms with Crippen molar-refractivity contribution >= 4 is 0 Å². The molecule has 0 spiro atoms. The molecule has 0 saturated heterocycles. The molecule has 15 heavy (non-hydrogen) atoms. The summed E-state index contributed by atoms with van der Waals surface area (Å²) in [6, 6.07) is 4.63. The molecule has 1 heterocycles. The van der Waals surface area contributed by atoms with Gasteiger partial charge < -0.3 is 4.74 Å². The van der Waals surface area contributed by atoms with Crippen LogP contribution in [-0.2, 0) is 7.05 Å². The number of nitrogens with zero attached hydrogens (tertiary/aromatic N) is 3. The SMILES string of the molecule is COc1ccc(-c2ncn(C)n2)cc1F. The standard InChI is InChI=1S/C10H10FN3O/c1-14-6-12-10(13-14)7-3-4-9(15-2)8(11)5-7/h3-6H,1-2H3. The number of aromatic nitrogens is 3. The van der Waals surface area contributed by atoms with Crippen molar-refractivity contribution in [2.45, 2.75) is 0 Å². The summed E-state index contributed by atoms with van der Waals surface area (Å²) in [5.74, 6) is 0.302. The van der Waals surface area contributed by atoms with Crippen LogP contribution in [0.2, 0.25) is 0 Å². The number of halogens is 1. The van der Waals surface area contributed by atoms with Crippen LogP contribution in [0, 0.1) is 5.82 Å². The predicted molar refractivity (Wildman–Crippen MR) is 52.9 cm³/mol. The average Bonchev–Trinajstić information content (AvgIpc) is 2.65. The number of methoxy groups -OCH3 is 1. The molecule has 0 saturated carbocycles. The number of aryl methyl sites for hydroxylation is 1. The van der Waals surface area contributed by atoms with E-state index < -0.39 is 5.82 Å². The first kappa shape index (κ1) is 9.64. The van der Waals surface area contributed by atoms with E-state index in [2.05, 4.69) is 10.1 Å². The molecule has 0 amide bonds. The third-order valence-electron chi connectivity index (χ3n) is 2.01. The highest BCUT2D eigenvalue weighted by Gasteiger charge is 2.07. The second kappa shape index (κ2) is 3.68. The highest BCUT2D eigenvalue weighted by molar-refractivity contribution is 5.55. The van der Waals surface area contributed by atoms with Crippen LogP contribution in [-0.4, -0.2) is 21.9 Å². The Kier molecular flexibility index (Phi) is 2.37. The highest BCUT2D eigenvalue weighted by atomic mass is 19.1. The maximum absolute atomic E-state index is 13.4. The van der Waals surface area contributed by atoms with E-state index in [1.165, 1.54) is 13.2 Å². The van der Waals surface area contributed by atoms with Crippen LogP contribution in [0.1, 0.15) is 0 Å². The molecule has 0 aliphatic heterocycles.